The van der Waals surface area contributed by atoms with Gasteiger partial charge in [-0.15, -0.1) is 0 Å². The predicted octanol–water partition coefficient (Wildman–Crippen LogP) is 4.07. The number of hydrogen-bond donors (Lipinski definition) is 1. The van der Waals surface area contributed by atoms with Crippen molar-refractivity contribution in [2.75, 3.05) is 18.0 Å². The first kappa shape index (κ1) is 14.7. The summed E-state index contributed by atoms with van der Waals surface area (Å²) >= 11 is 6.40. The normalized spacial score (nSPS) is 15.0. The molecule has 106 valence electrons. The van der Waals surface area contributed by atoms with Gasteiger partial charge in [-0.2, -0.15) is 0 Å². The van der Waals surface area contributed by atoms with Gasteiger partial charge in [0.05, 0.1) is 0 Å². The maximum Gasteiger partial charge on any atom is 0.0471 e. The average Bonchev–Trinajstić information content (AvgIpc) is 3.18. The first-order valence-corrected chi connectivity index (χ1v) is 7.76. The van der Waals surface area contributed by atoms with Crippen molar-refractivity contribution >= 4 is 17.3 Å². The molecule has 1 fully saturated rings. The summed E-state index contributed by atoms with van der Waals surface area (Å²) in [7, 11) is 0. The second-order valence-corrected chi connectivity index (χ2v) is 6.20. The second-order valence-electron chi connectivity index (χ2n) is 5.80. The Morgan fingerprint density at radius 3 is 2.68 bits per heavy atom. The molecule has 0 radical (unpaired) electrons. The topological polar surface area (TPSA) is 15.3 Å². The molecular formula is C16H25ClN2. The maximum absolute atomic E-state index is 6.40. The van der Waals surface area contributed by atoms with E-state index in [1.807, 2.05) is 6.07 Å². The van der Waals surface area contributed by atoms with Crippen molar-refractivity contribution in [3.05, 3.63) is 28.8 Å². The highest BCUT2D eigenvalue weighted by Gasteiger charge is 2.31. The van der Waals surface area contributed by atoms with Crippen LogP contribution in [0.3, 0.4) is 0 Å². The number of nitrogens with one attached hydrogen (secondary N) is 1. The number of anilines is 1. The highest BCUT2D eigenvalue weighted by atomic mass is 35.5. The van der Waals surface area contributed by atoms with Crippen LogP contribution in [0.5, 0.6) is 0 Å². The Balaban J connectivity index is 2.26. The second kappa shape index (κ2) is 6.62. The van der Waals surface area contributed by atoms with Gasteiger partial charge in [-0.1, -0.05) is 38.4 Å². The number of halogens is 1. The van der Waals surface area contributed by atoms with Crippen molar-refractivity contribution in [2.45, 2.75) is 46.2 Å². The molecule has 0 bridgehead atoms. The van der Waals surface area contributed by atoms with E-state index in [0.717, 1.165) is 30.7 Å². The third-order valence-corrected chi connectivity index (χ3v) is 3.86. The summed E-state index contributed by atoms with van der Waals surface area (Å²) in [4.78, 5) is 2.56. The molecule has 1 aromatic rings. The number of hydrogen-bond acceptors (Lipinski definition) is 2. The van der Waals surface area contributed by atoms with E-state index in [2.05, 4.69) is 43.1 Å². The fourth-order valence-electron chi connectivity index (χ4n) is 2.47. The first-order chi connectivity index (χ1) is 9.13. The highest BCUT2D eigenvalue weighted by Crippen LogP contribution is 2.36. The van der Waals surface area contributed by atoms with Crippen LogP contribution >= 0.6 is 11.6 Å². The smallest absolute Gasteiger partial charge is 0.0471 e. The van der Waals surface area contributed by atoms with E-state index in [1.54, 1.807) is 0 Å². The summed E-state index contributed by atoms with van der Waals surface area (Å²) in [6, 6.07) is 7.02. The summed E-state index contributed by atoms with van der Waals surface area (Å²) in [6.45, 7) is 9.63. The lowest BCUT2D eigenvalue weighted by Crippen LogP contribution is -2.31. The molecule has 1 aliphatic carbocycles. The van der Waals surface area contributed by atoms with Gasteiger partial charge in [-0.05, 0) is 37.4 Å². The van der Waals surface area contributed by atoms with Gasteiger partial charge in [-0.3, -0.25) is 0 Å². The molecule has 19 heavy (non-hydrogen) atoms. The van der Waals surface area contributed by atoms with Gasteiger partial charge in [0.15, 0.2) is 0 Å². The van der Waals surface area contributed by atoms with E-state index in [0.29, 0.717) is 5.92 Å². The summed E-state index contributed by atoms with van der Waals surface area (Å²) in [5.74, 6) is 0.673. The molecule has 0 amide bonds. The van der Waals surface area contributed by atoms with Crippen LogP contribution in [0.2, 0.25) is 5.02 Å². The molecule has 2 nitrogen and oxygen atoms in total. The summed E-state index contributed by atoms with van der Waals surface area (Å²) in [5.41, 5.74) is 2.57. The molecule has 1 aromatic carbocycles. The van der Waals surface area contributed by atoms with Crippen LogP contribution in [0.15, 0.2) is 18.2 Å². The Kier molecular flexibility index (Phi) is 5.12. The van der Waals surface area contributed by atoms with Crippen molar-refractivity contribution in [2.24, 2.45) is 5.92 Å². The zero-order valence-corrected chi connectivity index (χ0v) is 13.0. The molecule has 1 N–H and O–H groups in total. The zero-order valence-electron chi connectivity index (χ0n) is 12.2. The predicted molar refractivity (Wildman–Crippen MR) is 84.0 cm³/mol. The SMILES string of the molecule is CCNCc1c(Cl)cccc1N(CC(C)C)C1CC1. The molecular weight excluding hydrogens is 256 g/mol. The van der Waals surface area contributed by atoms with Crippen LogP contribution in [-0.2, 0) is 6.54 Å². The summed E-state index contributed by atoms with van der Waals surface area (Å²) in [5, 5.41) is 4.28. The van der Waals surface area contributed by atoms with E-state index < -0.39 is 0 Å². The van der Waals surface area contributed by atoms with Gasteiger partial charge in [0.2, 0.25) is 0 Å². The number of rotatable bonds is 7. The Labute approximate surface area is 122 Å². The molecule has 0 spiro atoms. The molecule has 0 saturated heterocycles. The fraction of sp³-hybridized carbons (Fsp3) is 0.625. The standard InChI is InChI=1S/C16H25ClN2/c1-4-18-10-14-15(17)6-5-7-16(14)19(11-12(2)3)13-8-9-13/h5-7,12-13,18H,4,8-11H2,1-3H3. The van der Waals surface area contributed by atoms with E-state index in [9.17, 15) is 0 Å². The minimum atomic E-state index is 0.673. The van der Waals surface area contributed by atoms with E-state index in [1.165, 1.54) is 24.1 Å². The number of nitrogens with zero attached hydrogens (tertiary/aromatic N) is 1. The van der Waals surface area contributed by atoms with Crippen molar-refractivity contribution in [1.82, 2.24) is 5.32 Å². The van der Waals surface area contributed by atoms with Gasteiger partial charge in [0.25, 0.3) is 0 Å². The van der Waals surface area contributed by atoms with Gasteiger partial charge < -0.3 is 10.2 Å². The fourth-order valence-corrected chi connectivity index (χ4v) is 2.70. The van der Waals surface area contributed by atoms with Crippen LogP contribution in [0.25, 0.3) is 0 Å². The minimum Gasteiger partial charge on any atom is -0.368 e. The molecule has 0 aliphatic heterocycles. The molecule has 0 unspecified atom stereocenters. The van der Waals surface area contributed by atoms with Gasteiger partial charge in [0, 0.05) is 35.4 Å². The third kappa shape index (κ3) is 3.87. The Bertz CT molecular complexity index is 413. The monoisotopic (exact) mass is 280 g/mol. The van der Waals surface area contributed by atoms with Gasteiger partial charge >= 0.3 is 0 Å². The van der Waals surface area contributed by atoms with Gasteiger partial charge in [-0.25, -0.2) is 0 Å². The van der Waals surface area contributed by atoms with E-state index in [4.69, 9.17) is 11.6 Å². The number of benzene rings is 1. The molecule has 0 heterocycles. The van der Waals surface area contributed by atoms with Crippen molar-refractivity contribution < 1.29 is 0 Å². The van der Waals surface area contributed by atoms with Crippen LogP contribution < -0.4 is 10.2 Å². The van der Waals surface area contributed by atoms with E-state index >= 15 is 0 Å². The quantitative estimate of drug-likeness (QED) is 0.810. The van der Waals surface area contributed by atoms with Crippen LogP contribution in [0.4, 0.5) is 5.69 Å². The largest absolute Gasteiger partial charge is 0.368 e. The van der Waals surface area contributed by atoms with Crippen LogP contribution in [-0.4, -0.2) is 19.1 Å². The summed E-state index contributed by atoms with van der Waals surface area (Å²) in [6.07, 6.45) is 2.64. The van der Waals surface area contributed by atoms with E-state index in [-0.39, 0.29) is 0 Å². The van der Waals surface area contributed by atoms with Gasteiger partial charge in [0.1, 0.15) is 0 Å². The zero-order chi connectivity index (χ0) is 13.8. The highest BCUT2D eigenvalue weighted by molar-refractivity contribution is 6.31. The molecule has 1 aliphatic rings. The average molecular weight is 281 g/mol. The molecule has 0 atom stereocenters. The lowest BCUT2D eigenvalue weighted by Gasteiger charge is -2.29. The molecule has 3 heteroatoms. The first-order valence-electron chi connectivity index (χ1n) is 7.38. The molecule has 0 aromatic heterocycles. The van der Waals surface area contributed by atoms with Crippen molar-refractivity contribution in [3.63, 3.8) is 0 Å². The third-order valence-electron chi connectivity index (χ3n) is 3.50. The van der Waals surface area contributed by atoms with Crippen molar-refractivity contribution in [1.29, 1.82) is 0 Å². The van der Waals surface area contributed by atoms with Crippen LogP contribution in [0.1, 0.15) is 39.2 Å². The summed E-state index contributed by atoms with van der Waals surface area (Å²) < 4.78 is 0. The lowest BCUT2D eigenvalue weighted by molar-refractivity contribution is 0.603. The Hall–Kier alpha value is -0.730. The van der Waals surface area contributed by atoms with Crippen molar-refractivity contribution in [3.8, 4) is 0 Å². The Morgan fingerprint density at radius 1 is 1.37 bits per heavy atom. The molecule has 2 rings (SSSR count). The minimum absolute atomic E-state index is 0.673. The maximum atomic E-state index is 6.40. The Morgan fingerprint density at radius 2 is 2.11 bits per heavy atom. The lowest BCUT2D eigenvalue weighted by atomic mass is 10.1. The molecule has 1 saturated carbocycles. The van der Waals surface area contributed by atoms with Crippen LogP contribution in [0, 0.1) is 5.92 Å².